The predicted octanol–water partition coefficient (Wildman–Crippen LogP) is 3.14. The highest BCUT2D eigenvalue weighted by molar-refractivity contribution is 7.99. The van der Waals surface area contributed by atoms with Crippen LogP contribution in [-0.4, -0.2) is 25.8 Å². The van der Waals surface area contributed by atoms with Crippen LogP contribution in [0.2, 0.25) is 0 Å². The van der Waals surface area contributed by atoms with Gasteiger partial charge in [-0.05, 0) is 11.8 Å². The molecule has 0 unspecified atom stereocenters. The van der Waals surface area contributed by atoms with Crippen molar-refractivity contribution in [2.75, 3.05) is 6.26 Å². The van der Waals surface area contributed by atoms with Crippen LogP contribution in [0.4, 0.5) is 0 Å². The van der Waals surface area contributed by atoms with E-state index in [9.17, 15) is 0 Å². The molecule has 0 spiro atoms. The lowest BCUT2D eigenvalue weighted by molar-refractivity contribution is 0.805. The molecule has 3 rings (SSSR count). The summed E-state index contributed by atoms with van der Waals surface area (Å²) < 4.78 is 2.00. The standard InChI is InChI=1S/C13H12N4S2/c1-18-12-14-8-7-11-15-16-13(17(11)12)19-9-10-5-3-2-4-6-10/h2-8H,9H2,1H3. The SMILES string of the molecule is CSc1nccc2nnc(SCc3ccccc3)n12. The van der Waals surface area contributed by atoms with Gasteiger partial charge in [0.1, 0.15) is 0 Å². The van der Waals surface area contributed by atoms with Crippen molar-refractivity contribution in [1.29, 1.82) is 0 Å². The van der Waals surface area contributed by atoms with Crippen molar-refractivity contribution in [3.63, 3.8) is 0 Å². The van der Waals surface area contributed by atoms with Gasteiger partial charge in [-0.2, -0.15) is 0 Å². The second-order valence-corrected chi connectivity index (χ2v) is 5.60. The van der Waals surface area contributed by atoms with E-state index in [-0.39, 0.29) is 0 Å². The van der Waals surface area contributed by atoms with E-state index in [1.165, 1.54) is 5.56 Å². The molecule has 3 aromatic rings. The van der Waals surface area contributed by atoms with Gasteiger partial charge in [-0.1, -0.05) is 53.9 Å². The number of benzene rings is 1. The van der Waals surface area contributed by atoms with Crippen LogP contribution in [0.15, 0.2) is 52.9 Å². The summed E-state index contributed by atoms with van der Waals surface area (Å²) in [5.74, 6) is 0.879. The van der Waals surface area contributed by atoms with Gasteiger partial charge in [0.05, 0.1) is 0 Å². The fourth-order valence-corrected chi connectivity index (χ4v) is 3.24. The van der Waals surface area contributed by atoms with E-state index in [2.05, 4.69) is 27.3 Å². The molecule has 0 saturated heterocycles. The minimum Gasteiger partial charge on any atom is -0.248 e. The largest absolute Gasteiger partial charge is 0.248 e. The lowest BCUT2D eigenvalue weighted by Crippen LogP contribution is -1.95. The molecular weight excluding hydrogens is 276 g/mol. The monoisotopic (exact) mass is 288 g/mol. The molecule has 19 heavy (non-hydrogen) atoms. The third kappa shape index (κ3) is 2.59. The highest BCUT2D eigenvalue weighted by atomic mass is 32.2. The lowest BCUT2D eigenvalue weighted by atomic mass is 10.2. The topological polar surface area (TPSA) is 43.1 Å². The molecule has 0 aliphatic heterocycles. The van der Waals surface area contributed by atoms with Crippen molar-refractivity contribution in [3.05, 3.63) is 48.2 Å². The molecule has 0 atom stereocenters. The van der Waals surface area contributed by atoms with Crippen LogP contribution < -0.4 is 0 Å². The van der Waals surface area contributed by atoms with Gasteiger partial charge in [0.2, 0.25) is 0 Å². The van der Waals surface area contributed by atoms with Gasteiger partial charge in [0.25, 0.3) is 0 Å². The third-order valence-electron chi connectivity index (χ3n) is 2.65. The second kappa shape index (κ2) is 5.63. The number of aromatic nitrogens is 4. The maximum Gasteiger partial charge on any atom is 0.198 e. The first kappa shape index (κ1) is 12.5. The van der Waals surface area contributed by atoms with E-state index in [1.54, 1.807) is 29.7 Å². The summed E-state index contributed by atoms with van der Waals surface area (Å²) in [5.41, 5.74) is 2.12. The van der Waals surface area contributed by atoms with Crippen molar-refractivity contribution in [1.82, 2.24) is 19.6 Å². The fraction of sp³-hybridized carbons (Fsp3) is 0.154. The van der Waals surface area contributed by atoms with Crippen molar-refractivity contribution in [2.45, 2.75) is 16.1 Å². The molecular formula is C13H12N4S2. The van der Waals surface area contributed by atoms with E-state index in [0.717, 1.165) is 21.7 Å². The first-order chi connectivity index (χ1) is 9.38. The Bertz CT molecular complexity index is 681. The van der Waals surface area contributed by atoms with Crippen molar-refractivity contribution in [3.8, 4) is 0 Å². The molecule has 96 valence electrons. The van der Waals surface area contributed by atoms with Crippen LogP contribution >= 0.6 is 23.5 Å². The molecule has 0 radical (unpaired) electrons. The Hall–Kier alpha value is -1.53. The smallest absolute Gasteiger partial charge is 0.198 e. The minimum atomic E-state index is 0.843. The summed E-state index contributed by atoms with van der Waals surface area (Å²) in [5, 5.41) is 10.2. The van der Waals surface area contributed by atoms with Gasteiger partial charge in [-0.25, -0.2) is 9.38 Å². The molecule has 0 bridgehead atoms. The second-order valence-electron chi connectivity index (χ2n) is 3.88. The molecule has 4 nitrogen and oxygen atoms in total. The summed E-state index contributed by atoms with van der Waals surface area (Å²) >= 11 is 3.27. The molecule has 0 N–H and O–H groups in total. The summed E-state index contributed by atoms with van der Waals surface area (Å²) in [7, 11) is 0. The maximum absolute atomic E-state index is 4.35. The molecule has 0 aliphatic rings. The molecule has 2 heterocycles. The molecule has 6 heteroatoms. The number of rotatable bonds is 4. The van der Waals surface area contributed by atoms with Crippen molar-refractivity contribution < 1.29 is 0 Å². The van der Waals surface area contributed by atoms with Crippen LogP contribution in [0.1, 0.15) is 5.56 Å². The highest BCUT2D eigenvalue weighted by Crippen LogP contribution is 2.24. The molecule has 0 fully saturated rings. The Kier molecular flexibility index (Phi) is 3.70. The zero-order chi connectivity index (χ0) is 13.1. The average molecular weight is 288 g/mol. The first-order valence-electron chi connectivity index (χ1n) is 5.79. The van der Waals surface area contributed by atoms with Crippen molar-refractivity contribution >= 4 is 29.2 Å². The quantitative estimate of drug-likeness (QED) is 0.545. The average Bonchev–Trinajstić information content (AvgIpc) is 2.89. The summed E-state index contributed by atoms with van der Waals surface area (Å²) in [6.07, 6.45) is 3.77. The van der Waals surface area contributed by atoms with Gasteiger partial charge < -0.3 is 0 Å². The van der Waals surface area contributed by atoms with Gasteiger partial charge in [-0.15, -0.1) is 10.2 Å². The molecule has 2 aromatic heterocycles. The Labute approximate surface area is 119 Å². The highest BCUT2D eigenvalue weighted by Gasteiger charge is 2.10. The maximum atomic E-state index is 4.35. The van der Waals surface area contributed by atoms with Gasteiger partial charge >= 0.3 is 0 Å². The number of hydrogen-bond donors (Lipinski definition) is 0. The number of fused-ring (bicyclic) bond motifs is 1. The molecule has 0 amide bonds. The summed E-state index contributed by atoms with van der Waals surface area (Å²) in [6, 6.07) is 12.2. The Morgan fingerprint density at radius 1 is 1.05 bits per heavy atom. The van der Waals surface area contributed by atoms with Crippen LogP contribution in [0.3, 0.4) is 0 Å². The summed E-state index contributed by atoms with van der Waals surface area (Å²) in [6.45, 7) is 0. The molecule has 0 aliphatic carbocycles. The fourth-order valence-electron chi connectivity index (χ4n) is 1.75. The van der Waals surface area contributed by atoms with Crippen LogP contribution in [0.5, 0.6) is 0 Å². The van der Waals surface area contributed by atoms with Crippen LogP contribution in [-0.2, 0) is 5.75 Å². The molecule has 0 saturated carbocycles. The Balaban J connectivity index is 1.89. The van der Waals surface area contributed by atoms with Gasteiger partial charge in [0.15, 0.2) is 16.0 Å². The lowest BCUT2D eigenvalue weighted by Gasteiger charge is -2.03. The van der Waals surface area contributed by atoms with Gasteiger partial charge in [0, 0.05) is 18.0 Å². The Morgan fingerprint density at radius 2 is 1.89 bits per heavy atom. The van der Waals surface area contributed by atoms with E-state index in [1.807, 2.05) is 34.9 Å². The first-order valence-corrected chi connectivity index (χ1v) is 8.00. The Morgan fingerprint density at radius 3 is 2.68 bits per heavy atom. The van der Waals surface area contributed by atoms with E-state index < -0.39 is 0 Å². The van der Waals surface area contributed by atoms with Crippen LogP contribution in [0, 0.1) is 0 Å². The number of thioether (sulfide) groups is 2. The van der Waals surface area contributed by atoms with Gasteiger partial charge in [-0.3, -0.25) is 0 Å². The minimum absolute atomic E-state index is 0.843. The van der Waals surface area contributed by atoms with Crippen molar-refractivity contribution in [2.24, 2.45) is 0 Å². The number of hydrogen-bond acceptors (Lipinski definition) is 5. The van der Waals surface area contributed by atoms with E-state index in [4.69, 9.17) is 0 Å². The number of nitrogens with zero attached hydrogens (tertiary/aromatic N) is 4. The third-order valence-corrected chi connectivity index (χ3v) is 4.30. The van der Waals surface area contributed by atoms with E-state index >= 15 is 0 Å². The predicted molar refractivity (Wildman–Crippen MR) is 78.6 cm³/mol. The normalized spacial score (nSPS) is 11.0. The zero-order valence-corrected chi connectivity index (χ0v) is 12.0. The van der Waals surface area contributed by atoms with E-state index in [0.29, 0.717) is 0 Å². The zero-order valence-electron chi connectivity index (χ0n) is 10.4. The summed E-state index contributed by atoms with van der Waals surface area (Å²) in [4.78, 5) is 4.35. The van der Waals surface area contributed by atoms with Crippen LogP contribution in [0.25, 0.3) is 5.65 Å². The molecule has 1 aromatic carbocycles.